The Hall–Kier alpha value is -9.96. The van der Waals surface area contributed by atoms with Gasteiger partial charge in [0, 0.05) is 56.9 Å². The number of carbonyl (C=O) groups is 13. The van der Waals surface area contributed by atoms with Gasteiger partial charge < -0.3 is 132 Å². The van der Waals surface area contributed by atoms with Crippen LogP contribution >= 0.6 is 0 Å². The van der Waals surface area contributed by atoms with E-state index in [1.807, 2.05) is 0 Å². The number of aromatic nitrogens is 1. The van der Waals surface area contributed by atoms with Gasteiger partial charge in [0.05, 0.1) is 105 Å². The van der Waals surface area contributed by atoms with Gasteiger partial charge in [0.15, 0.2) is 6.10 Å². The molecule has 2 aromatic carbocycles. The van der Waals surface area contributed by atoms with Gasteiger partial charge in [-0.2, -0.15) is 5.48 Å². The first-order valence-corrected chi connectivity index (χ1v) is 39.2. The van der Waals surface area contributed by atoms with Crippen molar-refractivity contribution in [1.29, 1.82) is 0 Å². The van der Waals surface area contributed by atoms with Gasteiger partial charge in [0.2, 0.25) is 59.1 Å². The molecule has 2 unspecified atom stereocenters. The third-order valence-electron chi connectivity index (χ3n) is 20.0. The van der Waals surface area contributed by atoms with Crippen molar-refractivity contribution in [2.45, 2.75) is 201 Å². The number of hydroxylamine groups is 1. The molecule has 1 aromatic heterocycles. The first kappa shape index (κ1) is 91.6. The second-order valence-electron chi connectivity index (χ2n) is 29.8. The number of unbranched alkanes of at least 4 members (excludes halogenated alkanes) is 3. The number of aromatic amines is 1. The molecular formula is C73H105N13O29S. The average molecular weight is 1660 g/mol. The summed E-state index contributed by atoms with van der Waals surface area (Å²) in [5.74, 6) is -15.4. The summed E-state index contributed by atoms with van der Waals surface area (Å²) in [6, 6.07) is -2.09. The number of hydrogen-bond acceptors (Lipinski definition) is 28. The number of nitrogens with one attached hydrogen (secondary N) is 10. The molecule has 116 heavy (non-hydrogen) atoms. The predicted molar refractivity (Wildman–Crippen MR) is 401 cm³/mol. The number of carboxylic acids is 1. The average Bonchev–Trinajstić information content (AvgIpc) is 1.37. The Morgan fingerprint density at radius 1 is 0.810 bits per heavy atom. The zero-order valence-electron chi connectivity index (χ0n) is 65.2. The Kier molecular flexibility index (Phi) is 32.9. The van der Waals surface area contributed by atoms with Crippen LogP contribution in [0.2, 0.25) is 0 Å². The lowest BCUT2D eigenvalue weighted by Gasteiger charge is -2.42. The molecule has 7 heterocycles. The van der Waals surface area contributed by atoms with E-state index in [2.05, 4.69) is 53.0 Å². The molecule has 2 fully saturated rings. The minimum absolute atomic E-state index is 0.00651. The molecule has 17 atom stereocenters. The highest BCUT2D eigenvalue weighted by molar-refractivity contribution is 7.85. The number of H-pyrrole nitrogens is 1. The summed E-state index contributed by atoms with van der Waals surface area (Å²) < 4.78 is 55.0. The second kappa shape index (κ2) is 41.7. The molecule has 6 aliphatic rings. The molecule has 12 amide bonds. The van der Waals surface area contributed by atoms with Gasteiger partial charge in [-0.3, -0.25) is 57.0 Å². The number of carboxylic acid groups (broad SMARTS) is 1. The second-order valence-corrected chi connectivity index (χ2v) is 31.3. The van der Waals surface area contributed by atoms with E-state index in [0.29, 0.717) is 19.3 Å². The summed E-state index contributed by atoms with van der Waals surface area (Å²) in [7, 11) is -1.01. The van der Waals surface area contributed by atoms with Crippen molar-refractivity contribution in [3.63, 3.8) is 0 Å². The third kappa shape index (κ3) is 24.3. The molecule has 0 radical (unpaired) electrons. The number of nitrogens with two attached hydrogens (primary N) is 1. The Balaban J connectivity index is 1.02. The summed E-state index contributed by atoms with van der Waals surface area (Å²) in [5, 5.41) is 94.0. The molecule has 42 nitrogen and oxygen atoms in total. The van der Waals surface area contributed by atoms with Crippen LogP contribution in [0.25, 0.3) is 10.9 Å². The first-order valence-electron chi connectivity index (χ1n) is 37.9. The van der Waals surface area contributed by atoms with E-state index >= 15 is 9.00 Å². The SMILES string of the molecule is CC[C@H](C)[C@@H]1NC(=O)CNC(=O)[C@@H]2Cc3c4[nH]c5cc(ccc35)OC1(CCCCCCN(C)C(=O)OCc1ccc(O[C@@H]3O[C@H](C(=O)O)[C@@H](O)[C@H](O)[C@H]3O)c(C(=O)NCCOCCOCCONC(=O)OC(C)(C)C)c1)C(=O)NCC(=O)N[C@@H](CS4=O)C(=O)N[C@@H](CC(N)=O)C(=O)N1C[C@H](O)C[C@H]1C(=O)N[C@@H]([C@@H](C)[C@@H](O)CO)C(=O)N2. The van der Waals surface area contributed by atoms with Gasteiger partial charge in [-0.25, -0.2) is 14.4 Å². The molecule has 43 heteroatoms. The minimum atomic E-state index is -2.47. The fourth-order valence-electron chi connectivity index (χ4n) is 13.6. The zero-order valence-corrected chi connectivity index (χ0v) is 66.0. The number of ether oxygens (including phenoxy) is 7. The van der Waals surface area contributed by atoms with Crippen LogP contribution in [0.5, 0.6) is 11.5 Å². The topological polar surface area (TPSA) is 611 Å². The van der Waals surface area contributed by atoms with E-state index in [1.54, 1.807) is 34.6 Å². The number of aliphatic hydroxyl groups excluding tert-OH is 6. The molecule has 9 rings (SSSR count). The fraction of sp³-hybridized carbons (Fsp3) is 0.630. The number of aliphatic hydroxyl groups is 6. The summed E-state index contributed by atoms with van der Waals surface area (Å²) >= 11 is 0. The largest absolute Gasteiger partial charge is 0.479 e. The maximum absolute atomic E-state index is 15.6. The van der Waals surface area contributed by atoms with Crippen LogP contribution in [0.3, 0.4) is 0 Å². The number of amides is 12. The number of carbonyl (C=O) groups excluding carboxylic acids is 12. The lowest BCUT2D eigenvalue weighted by Crippen LogP contribution is -2.67. The number of nitrogens with zero attached hydrogens (tertiary/aromatic N) is 2. The number of fused-ring (bicyclic) bond motifs is 9. The van der Waals surface area contributed by atoms with Gasteiger partial charge in [-0.15, -0.1) is 0 Å². The molecule has 0 saturated carbocycles. The lowest BCUT2D eigenvalue weighted by molar-refractivity contribution is -0.271. The standard InChI is InChI=1S/C73H105N13O29S/c1-8-36(2)59-73(17-11-9-10-12-19-85(7)71(106)110-34-38-13-16-50(112-68-57(95)55(93)56(94)58(113-68)67(102)103)43(25-38)60(96)75-18-20-108-21-22-109-23-24-111-84-70(105)115-72(4,5)6)69(104)77-31-52(91)78-47-35-116(107)65-42(41-15-14-40(114-73)27-44(41)81-65)28-45(61(97)76-30-53(92)82-59)79-64(100)54(37(3)49(89)33-87)83-63(99)48-26-39(88)32-86(48)66(101)46(29-51(74)90)80-62(47)98/h13-16,25,27,36-37,39,45-49,54-59,68,81,87-89,93-95H,8-12,17-24,26,28-35H2,1-7H3,(H2,74,90)(H,75,96)(H,76,97)(H,77,104)(H,78,91)(H,79,100)(H,80,98)(H,82,92)(H,83,99)(H,84,105)(H,102,103)/t36-,37-,39+,45-,46-,47-,48-,49-,54-,55-,56-,57+,58-,59-,68+,73?,116?/m0/s1. The summed E-state index contributed by atoms with van der Waals surface area (Å²) in [6.45, 7) is 6.38. The van der Waals surface area contributed by atoms with E-state index in [0.717, 1.165) is 4.90 Å². The van der Waals surface area contributed by atoms with Crippen molar-refractivity contribution in [2.75, 3.05) is 85.2 Å². The lowest BCUT2D eigenvalue weighted by atomic mass is 9.79. The monoisotopic (exact) mass is 1660 g/mol. The molecular weight excluding hydrogens is 1550 g/mol. The van der Waals surface area contributed by atoms with E-state index in [9.17, 15) is 93.3 Å². The van der Waals surface area contributed by atoms with E-state index in [-0.39, 0.29) is 110 Å². The van der Waals surface area contributed by atoms with Gasteiger partial charge in [-0.05, 0) is 81.3 Å². The van der Waals surface area contributed by atoms with Crippen molar-refractivity contribution in [3.8, 4) is 11.5 Å². The molecule has 6 aliphatic heterocycles. The first-order chi connectivity index (χ1) is 54.9. The van der Waals surface area contributed by atoms with Crippen LogP contribution in [-0.4, -0.2) is 307 Å². The van der Waals surface area contributed by atoms with Crippen LogP contribution in [0, 0.1) is 11.8 Å². The molecule has 642 valence electrons. The van der Waals surface area contributed by atoms with Gasteiger partial charge in [0.1, 0.15) is 77.3 Å². The van der Waals surface area contributed by atoms with Crippen molar-refractivity contribution < 1.29 is 140 Å². The van der Waals surface area contributed by atoms with Crippen molar-refractivity contribution in [1.82, 2.24) is 62.8 Å². The van der Waals surface area contributed by atoms with Crippen LogP contribution in [0.1, 0.15) is 114 Å². The van der Waals surface area contributed by atoms with Gasteiger partial charge in [-0.1, -0.05) is 46.1 Å². The van der Waals surface area contributed by atoms with Crippen LogP contribution in [0.15, 0.2) is 41.4 Å². The Labute approximate surface area is 668 Å². The highest BCUT2D eigenvalue weighted by Gasteiger charge is 2.53. The fourth-order valence-corrected chi connectivity index (χ4v) is 15.0. The summed E-state index contributed by atoms with van der Waals surface area (Å²) in [4.78, 5) is 192. The van der Waals surface area contributed by atoms with Crippen molar-refractivity contribution in [3.05, 3.63) is 53.1 Å². The minimum Gasteiger partial charge on any atom is -0.479 e. The molecule has 8 bridgehead atoms. The predicted octanol–water partition coefficient (Wildman–Crippen LogP) is -4.79. The van der Waals surface area contributed by atoms with Crippen LogP contribution in [-0.2, 0) is 100 Å². The highest BCUT2D eigenvalue weighted by Crippen LogP contribution is 2.37. The van der Waals surface area contributed by atoms with Gasteiger partial charge >= 0.3 is 18.2 Å². The summed E-state index contributed by atoms with van der Waals surface area (Å²) in [5.41, 5.74) is 5.02. The Morgan fingerprint density at radius 2 is 1.51 bits per heavy atom. The zero-order chi connectivity index (χ0) is 85.0. The van der Waals surface area contributed by atoms with Gasteiger partial charge in [0.25, 0.3) is 11.8 Å². The van der Waals surface area contributed by atoms with Crippen molar-refractivity contribution in [2.24, 2.45) is 17.6 Å². The third-order valence-corrected chi connectivity index (χ3v) is 21.4. The van der Waals surface area contributed by atoms with Crippen LogP contribution in [0.4, 0.5) is 9.59 Å². The van der Waals surface area contributed by atoms with E-state index in [4.69, 9.17) is 43.7 Å². The molecule has 2 saturated heterocycles. The molecule has 0 spiro atoms. The smallest absolute Gasteiger partial charge is 0.431 e. The highest BCUT2D eigenvalue weighted by atomic mass is 32.2. The number of hydrogen-bond donors (Lipinski definition) is 18. The van der Waals surface area contributed by atoms with E-state index < -0.39 is 248 Å². The number of primary amides is 1. The maximum Gasteiger partial charge on any atom is 0.431 e. The molecule has 0 aliphatic carbocycles. The normalized spacial score (nSPS) is 26.5. The molecule has 3 aromatic rings. The van der Waals surface area contributed by atoms with E-state index in [1.165, 1.54) is 55.3 Å². The maximum atomic E-state index is 15.6. The molecule has 19 N–H and O–H groups in total. The Morgan fingerprint density at radius 3 is 2.21 bits per heavy atom. The number of aliphatic carboxylic acids is 1. The summed E-state index contributed by atoms with van der Waals surface area (Å²) in [6.07, 6.45) is -15.6. The number of benzene rings is 2. The van der Waals surface area contributed by atoms with Crippen LogP contribution < -0.4 is 63.2 Å². The Bertz CT molecular complexity index is 4070. The number of rotatable bonds is 30. The van der Waals surface area contributed by atoms with Crippen molar-refractivity contribution >= 4 is 98.9 Å². The quantitative estimate of drug-likeness (QED) is 0.0220.